The minimum Gasteiger partial charge on any atom is -0.461 e. The van der Waals surface area contributed by atoms with Crippen LogP contribution in [0.3, 0.4) is 0 Å². The third kappa shape index (κ3) is 4.73. The Balaban J connectivity index is 1.72. The summed E-state index contributed by atoms with van der Waals surface area (Å²) in [6.45, 7) is 0.186. The van der Waals surface area contributed by atoms with E-state index in [2.05, 4.69) is 9.71 Å². The number of aromatic nitrogens is 1. The molecular weight excluding hydrogens is 292 g/mol. The van der Waals surface area contributed by atoms with Crippen molar-refractivity contribution >= 4 is 16.0 Å². The van der Waals surface area contributed by atoms with E-state index in [0.717, 1.165) is 5.56 Å². The molecule has 6 nitrogen and oxygen atoms in total. The van der Waals surface area contributed by atoms with Gasteiger partial charge in [0.05, 0.1) is 11.3 Å². The van der Waals surface area contributed by atoms with Crippen LogP contribution in [0.5, 0.6) is 0 Å². The van der Waals surface area contributed by atoms with Gasteiger partial charge in [0.25, 0.3) is 0 Å². The molecule has 1 heterocycles. The fourth-order valence-electron chi connectivity index (χ4n) is 1.66. The number of esters is 1. The second-order valence-electron chi connectivity index (χ2n) is 4.34. The zero-order chi connectivity index (χ0) is 15.1. The fraction of sp³-hybridized carbons (Fsp3) is 0.214. The molecule has 0 spiro atoms. The van der Waals surface area contributed by atoms with Crippen molar-refractivity contribution in [2.75, 3.05) is 6.54 Å². The van der Waals surface area contributed by atoms with Crippen molar-refractivity contribution in [2.24, 2.45) is 0 Å². The van der Waals surface area contributed by atoms with Gasteiger partial charge in [-0.1, -0.05) is 30.3 Å². The third-order valence-electron chi connectivity index (χ3n) is 2.74. The summed E-state index contributed by atoms with van der Waals surface area (Å²) >= 11 is 0. The third-order valence-corrected chi connectivity index (χ3v) is 4.20. The smallest absolute Gasteiger partial charge is 0.307 e. The average Bonchev–Trinajstić information content (AvgIpc) is 3.01. The first-order chi connectivity index (χ1) is 10.1. The van der Waals surface area contributed by atoms with Crippen LogP contribution in [0, 0.1) is 0 Å². The van der Waals surface area contributed by atoms with Crippen molar-refractivity contribution in [2.45, 2.75) is 17.9 Å². The zero-order valence-corrected chi connectivity index (χ0v) is 12.1. The molecule has 2 aromatic rings. The molecule has 2 N–H and O–H groups in total. The lowest BCUT2D eigenvalue weighted by molar-refractivity contribution is -0.144. The maximum Gasteiger partial charge on any atom is 0.307 e. The number of benzene rings is 1. The molecular formula is C14H16N2O4S. The molecule has 21 heavy (non-hydrogen) atoms. The Morgan fingerprint density at radius 2 is 1.95 bits per heavy atom. The summed E-state index contributed by atoms with van der Waals surface area (Å²) in [6.07, 6.45) is 2.87. The quantitative estimate of drug-likeness (QED) is 0.757. The molecule has 0 fully saturated rings. The Labute approximate surface area is 123 Å². The summed E-state index contributed by atoms with van der Waals surface area (Å²) < 4.78 is 30.9. The number of H-pyrrole nitrogens is 1. The molecule has 0 saturated heterocycles. The zero-order valence-electron chi connectivity index (χ0n) is 11.3. The molecule has 0 radical (unpaired) electrons. The number of sulfonamides is 1. The molecule has 112 valence electrons. The molecule has 2 rings (SSSR count). The van der Waals surface area contributed by atoms with Crippen molar-refractivity contribution in [1.29, 1.82) is 0 Å². The van der Waals surface area contributed by atoms with E-state index in [4.69, 9.17) is 4.74 Å². The standard InChI is InChI=1S/C14H16N2O4S/c17-14(20-11-12-4-2-1-3-5-12)7-9-16-21(18,19)13-6-8-15-10-13/h1-6,8,10,15-16H,7,9,11H2. The van der Waals surface area contributed by atoms with Gasteiger partial charge >= 0.3 is 5.97 Å². The Bertz CT molecular complexity index is 666. The SMILES string of the molecule is O=C(CCNS(=O)(=O)c1cc[nH]c1)OCc1ccccc1. The highest BCUT2D eigenvalue weighted by molar-refractivity contribution is 7.89. The Morgan fingerprint density at radius 1 is 1.19 bits per heavy atom. The molecule has 1 aromatic heterocycles. The molecule has 0 aliphatic carbocycles. The molecule has 0 saturated carbocycles. The molecule has 7 heteroatoms. The number of carbonyl (C=O) groups excluding carboxylic acids is 1. The van der Waals surface area contributed by atoms with Gasteiger partial charge in [-0.3, -0.25) is 4.79 Å². The number of hydrogen-bond acceptors (Lipinski definition) is 4. The van der Waals surface area contributed by atoms with Crippen molar-refractivity contribution < 1.29 is 17.9 Å². The Hall–Kier alpha value is -2.12. The lowest BCUT2D eigenvalue weighted by atomic mass is 10.2. The van der Waals surface area contributed by atoms with Crippen LogP contribution < -0.4 is 4.72 Å². The predicted molar refractivity (Wildman–Crippen MR) is 76.8 cm³/mol. The number of aromatic amines is 1. The summed E-state index contributed by atoms with van der Waals surface area (Å²) in [7, 11) is -3.57. The van der Waals surface area contributed by atoms with Gasteiger partial charge in [0, 0.05) is 18.9 Å². The van der Waals surface area contributed by atoms with E-state index < -0.39 is 16.0 Å². The minimum absolute atomic E-state index is 0.00113. The summed E-state index contributed by atoms with van der Waals surface area (Å²) in [4.78, 5) is 14.3. The summed E-state index contributed by atoms with van der Waals surface area (Å²) in [5, 5.41) is 0. The van der Waals surface area contributed by atoms with Crippen LogP contribution in [0.4, 0.5) is 0 Å². The Morgan fingerprint density at radius 3 is 2.62 bits per heavy atom. The average molecular weight is 308 g/mol. The first-order valence-electron chi connectivity index (χ1n) is 6.40. The van der Waals surface area contributed by atoms with Crippen LogP contribution in [0.2, 0.25) is 0 Å². The van der Waals surface area contributed by atoms with Gasteiger partial charge in [-0.25, -0.2) is 13.1 Å². The number of carbonyl (C=O) groups is 1. The molecule has 0 atom stereocenters. The van der Waals surface area contributed by atoms with Gasteiger partial charge < -0.3 is 9.72 Å². The van der Waals surface area contributed by atoms with E-state index in [1.165, 1.54) is 18.5 Å². The van der Waals surface area contributed by atoms with Crippen molar-refractivity contribution in [1.82, 2.24) is 9.71 Å². The van der Waals surface area contributed by atoms with Crippen LogP contribution in [-0.2, 0) is 26.2 Å². The van der Waals surface area contributed by atoms with Gasteiger partial charge in [0.1, 0.15) is 6.61 Å². The molecule has 0 amide bonds. The van der Waals surface area contributed by atoms with E-state index in [0.29, 0.717) is 0 Å². The van der Waals surface area contributed by atoms with Gasteiger partial charge in [-0.15, -0.1) is 0 Å². The van der Waals surface area contributed by atoms with Gasteiger partial charge in [-0.2, -0.15) is 0 Å². The second kappa shape index (κ2) is 7.05. The maximum absolute atomic E-state index is 11.8. The van der Waals surface area contributed by atoms with Gasteiger partial charge in [0.15, 0.2) is 0 Å². The minimum atomic E-state index is -3.57. The first kappa shape index (κ1) is 15.3. The van der Waals surface area contributed by atoms with Crippen LogP contribution in [-0.4, -0.2) is 25.9 Å². The molecule has 0 bridgehead atoms. The van der Waals surface area contributed by atoms with E-state index >= 15 is 0 Å². The highest BCUT2D eigenvalue weighted by Gasteiger charge is 2.14. The van der Waals surface area contributed by atoms with Crippen LogP contribution in [0.1, 0.15) is 12.0 Å². The van der Waals surface area contributed by atoms with E-state index in [1.54, 1.807) is 0 Å². The van der Waals surface area contributed by atoms with Crippen molar-refractivity contribution in [3.63, 3.8) is 0 Å². The predicted octanol–water partition coefficient (Wildman–Crippen LogP) is 1.43. The lowest BCUT2D eigenvalue weighted by Gasteiger charge is -2.06. The van der Waals surface area contributed by atoms with E-state index in [1.807, 2.05) is 30.3 Å². The normalized spacial score (nSPS) is 11.2. The second-order valence-corrected chi connectivity index (χ2v) is 6.11. The van der Waals surface area contributed by atoms with Gasteiger partial charge in [0.2, 0.25) is 10.0 Å². The highest BCUT2D eigenvalue weighted by atomic mass is 32.2. The molecule has 0 unspecified atom stereocenters. The highest BCUT2D eigenvalue weighted by Crippen LogP contribution is 2.06. The van der Waals surface area contributed by atoms with E-state index in [9.17, 15) is 13.2 Å². The number of ether oxygens (including phenoxy) is 1. The topological polar surface area (TPSA) is 88.3 Å². The van der Waals surface area contributed by atoms with Crippen LogP contribution in [0.25, 0.3) is 0 Å². The summed E-state index contributed by atoms with van der Waals surface area (Å²) in [5.74, 6) is -0.448. The maximum atomic E-state index is 11.8. The fourth-order valence-corrected chi connectivity index (χ4v) is 2.66. The monoisotopic (exact) mass is 308 g/mol. The van der Waals surface area contributed by atoms with Crippen LogP contribution in [0.15, 0.2) is 53.7 Å². The summed E-state index contributed by atoms with van der Waals surface area (Å²) in [5.41, 5.74) is 0.888. The van der Waals surface area contributed by atoms with Crippen LogP contribution >= 0.6 is 0 Å². The molecule has 1 aromatic carbocycles. The van der Waals surface area contributed by atoms with Crippen molar-refractivity contribution in [3.8, 4) is 0 Å². The Kier molecular flexibility index (Phi) is 5.13. The lowest BCUT2D eigenvalue weighted by Crippen LogP contribution is -2.26. The molecule has 0 aliphatic rings. The number of rotatable bonds is 7. The molecule has 0 aliphatic heterocycles. The van der Waals surface area contributed by atoms with Crippen molar-refractivity contribution in [3.05, 3.63) is 54.4 Å². The first-order valence-corrected chi connectivity index (χ1v) is 7.88. The largest absolute Gasteiger partial charge is 0.461 e. The van der Waals surface area contributed by atoms with E-state index in [-0.39, 0.29) is 24.5 Å². The van der Waals surface area contributed by atoms with Gasteiger partial charge in [-0.05, 0) is 11.6 Å². The number of hydrogen-bond donors (Lipinski definition) is 2. The summed E-state index contributed by atoms with van der Waals surface area (Å²) in [6, 6.07) is 10.7. The number of nitrogens with one attached hydrogen (secondary N) is 2.